The van der Waals surface area contributed by atoms with E-state index in [0.29, 0.717) is 23.0 Å². The van der Waals surface area contributed by atoms with Gasteiger partial charge in [0.1, 0.15) is 6.23 Å². The largest absolute Gasteiger partial charge is 0.405 e. The third-order valence-electron chi connectivity index (χ3n) is 5.43. The van der Waals surface area contributed by atoms with Crippen LogP contribution in [-0.4, -0.2) is 11.7 Å². The van der Waals surface area contributed by atoms with Gasteiger partial charge in [-0.05, 0) is 85.7 Å². The lowest BCUT2D eigenvalue weighted by Gasteiger charge is -2.19. The zero-order valence-corrected chi connectivity index (χ0v) is 16.4. The summed E-state index contributed by atoms with van der Waals surface area (Å²) in [6.45, 7) is 2.71. The zero-order valence-electron chi connectivity index (χ0n) is 16.4. The van der Waals surface area contributed by atoms with E-state index in [1.807, 2.05) is 37.3 Å². The van der Waals surface area contributed by atoms with E-state index in [2.05, 4.69) is 16.7 Å². The molecule has 0 saturated heterocycles. The molecule has 1 fully saturated rings. The molecule has 3 rings (SSSR count). The summed E-state index contributed by atoms with van der Waals surface area (Å²) in [5.41, 5.74) is 22.4. The molecule has 0 aromatic heterocycles. The Hall–Kier alpha value is -2.70. The van der Waals surface area contributed by atoms with Crippen molar-refractivity contribution >= 4 is 5.70 Å². The molecule has 1 aliphatic carbocycles. The lowest BCUT2D eigenvalue weighted by atomic mass is 9.98. The van der Waals surface area contributed by atoms with Crippen LogP contribution in [-0.2, 0) is 0 Å². The highest BCUT2D eigenvalue weighted by Gasteiger charge is 2.29. The molecule has 1 aliphatic heterocycles. The number of aliphatic hydroxyl groups excluding tert-OH is 1. The molecule has 0 bridgehead atoms. The Morgan fingerprint density at radius 3 is 2.82 bits per heavy atom. The molecule has 1 aromatic carbocycles. The SMILES string of the molecule is Cc1cc(/C(N)=C2/NC=CC=C2N)ccc1[C@@H](O)NCC[C@H](/C=C\N)C1CC1. The summed E-state index contributed by atoms with van der Waals surface area (Å²) in [6, 6.07) is 5.79. The number of hydrogen-bond acceptors (Lipinski definition) is 6. The molecular weight excluding hydrogens is 350 g/mol. The van der Waals surface area contributed by atoms with Gasteiger partial charge in [0.2, 0.25) is 0 Å². The summed E-state index contributed by atoms with van der Waals surface area (Å²) in [4.78, 5) is 0. The van der Waals surface area contributed by atoms with Gasteiger partial charge in [-0.25, -0.2) is 0 Å². The quantitative estimate of drug-likeness (QED) is 0.383. The molecule has 6 heteroatoms. The maximum atomic E-state index is 10.6. The smallest absolute Gasteiger partial charge is 0.131 e. The zero-order chi connectivity index (χ0) is 20.1. The lowest BCUT2D eigenvalue weighted by molar-refractivity contribution is 0.136. The fourth-order valence-electron chi connectivity index (χ4n) is 3.63. The number of benzene rings is 1. The van der Waals surface area contributed by atoms with Crippen molar-refractivity contribution in [1.82, 2.24) is 10.6 Å². The lowest BCUT2D eigenvalue weighted by Crippen LogP contribution is -2.25. The Labute approximate surface area is 166 Å². The fourth-order valence-corrected chi connectivity index (χ4v) is 3.63. The molecule has 6 nitrogen and oxygen atoms in total. The highest BCUT2D eigenvalue weighted by atomic mass is 16.3. The number of nitrogens with two attached hydrogens (primary N) is 3. The second-order valence-corrected chi connectivity index (χ2v) is 7.52. The number of aliphatic hydroxyl groups is 1. The second-order valence-electron chi connectivity index (χ2n) is 7.52. The van der Waals surface area contributed by atoms with Crippen LogP contribution in [0.5, 0.6) is 0 Å². The molecule has 9 N–H and O–H groups in total. The number of dihydropyridines is 1. The van der Waals surface area contributed by atoms with Gasteiger partial charge in [0.25, 0.3) is 0 Å². The van der Waals surface area contributed by atoms with Crippen molar-refractivity contribution in [1.29, 1.82) is 0 Å². The molecule has 1 heterocycles. The summed E-state index contributed by atoms with van der Waals surface area (Å²) in [5, 5.41) is 16.9. The monoisotopic (exact) mass is 381 g/mol. The molecule has 0 radical (unpaired) electrons. The average molecular weight is 382 g/mol. The average Bonchev–Trinajstić information content (AvgIpc) is 3.52. The minimum atomic E-state index is -0.717. The Balaban J connectivity index is 1.64. The predicted molar refractivity (Wildman–Crippen MR) is 114 cm³/mol. The van der Waals surface area contributed by atoms with E-state index in [9.17, 15) is 5.11 Å². The van der Waals surface area contributed by atoms with Crippen LogP contribution in [0.1, 0.15) is 42.2 Å². The highest BCUT2D eigenvalue weighted by Crippen LogP contribution is 2.39. The molecular formula is C22H31N5O. The summed E-state index contributed by atoms with van der Waals surface area (Å²) in [6.07, 6.45) is 12.0. The second kappa shape index (κ2) is 8.99. The Kier molecular flexibility index (Phi) is 6.44. The van der Waals surface area contributed by atoms with Crippen LogP contribution in [0.2, 0.25) is 0 Å². The maximum Gasteiger partial charge on any atom is 0.131 e. The van der Waals surface area contributed by atoms with Crippen molar-refractivity contribution in [3.63, 3.8) is 0 Å². The molecule has 1 saturated carbocycles. The van der Waals surface area contributed by atoms with Crippen LogP contribution in [0.4, 0.5) is 0 Å². The Bertz CT molecular complexity index is 820. The van der Waals surface area contributed by atoms with E-state index in [-0.39, 0.29) is 0 Å². The van der Waals surface area contributed by atoms with E-state index in [0.717, 1.165) is 35.6 Å². The van der Waals surface area contributed by atoms with Crippen molar-refractivity contribution in [3.8, 4) is 0 Å². The standard InChI is InChI=1S/C22H31N5O/c1-14-13-17(20(25)21-19(24)3-2-11-26-21)6-7-18(14)22(28)27-12-9-16(8-10-23)15-4-5-15/h2-3,6-8,10-11,13,15-16,22,26-28H,4-5,9,12,23-25H2,1H3/b10-8-,21-20-/t16-,22+/m0/s1. The van der Waals surface area contributed by atoms with E-state index in [4.69, 9.17) is 17.2 Å². The number of nitrogens with one attached hydrogen (secondary N) is 2. The van der Waals surface area contributed by atoms with Crippen LogP contribution in [0, 0.1) is 18.8 Å². The van der Waals surface area contributed by atoms with E-state index in [1.165, 1.54) is 12.8 Å². The van der Waals surface area contributed by atoms with Gasteiger partial charge in [-0.3, -0.25) is 5.32 Å². The maximum absolute atomic E-state index is 10.6. The van der Waals surface area contributed by atoms with Gasteiger partial charge in [-0.15, -0.1) is 0 Å². The minimum Gasteiger partial charge on any atom is -0.405 e. The minimum absolute atomic E-state index is 0.496. The first-order chi connectivity index (χ1) is 13.5. The van der Waals surface area contributed by atoms with Crippen LogP contribution in [0.15, 0.2) is 60.2 Å². The topological polar surface area (TPSA) is 122 Å². The molecule has 2 atom stereocenters. The van der Waals surface area contributed by atoms with Gasteiger partial charge in [0, 0.05) is 6.20 Å². The van der Waals surface area contributed by atoms with Crippen molar-refractivity contribution < 1.29 is 5.11 Å². The molecule has 150 valence electrons. The van der Waals surface area contributed by atoms with Crippen LogP contribution in [0.25, 0.3) is 5.70 Å². The molecule has 0 spiro atoms. The van der Waals surface area contributed by atoms with Crippen molar-refractivity contribution in [2.75, 3.05) is 6.54 Å². The summed E-state index contributed by atoms with van der Waals surface area (Å²) >= 11 is 0. The van der Waals surface area contributed by atoms with Crippen molar-refractivity contribution in [2.45, 2.75) is 32.4 Å². The summed E-state index contributed by atoms with van der Waals surface area (Å²) in [5.74, 6) is 1.25. The first-order valence-corrected chi connectivity index (χ1v) is 9.81. The Morgan fingerprint density at radius 2 is 2.18 bits per heavy atom. The number of aryl methyl sites for hydroxylation is 1. The third-order valence-corrected chi connectivity index (χ3v) is 5.43. The number of allylic oxidation sites excluding steroid dienone is 3. The van der Waals surface area contributed by atoms with Gasteiger partial charge in [0.05, 0.1) is 17.1 Å². The molecule has 2 aliphatic rings. The number of rotatable bonds is 8. The van der Waals surface area contributed by atoms with Gasteiger partial charge in [-0.1, -0.05) is 18.2 Å². The first kappa shape index (κ1) is 20.0. The van der Waals surface area contributed by atoms with E-state index < -0.39 is 6.23 Å². The summed E-state index contributed by atoms with van der Waals surface area (Å²) < 4.78 is 0. The van der Waals surface area contributed by atoms with Gasteiger partial charge >= 0.3 is 0 Å². The third kappa shape index (κ3) is 4.77. The first-order valence-electron chi connectivity index (χ1n) is 9.81. The highest BCUT2D eigenvalue weighted by molar-refractivity contribution is 5.70. The van der Waals surface area contributed by atoms with Crippen molar-refractivity contribution in [3.05, 3.63) is 76.9 Å². The van der Waals surface area contributed by atoms with Gasteiger partial charge in [-0.2, -0.15) is 0 Å². The molecule has 0 amide bonds. The molecule has 1 aromatic rings. The van der Waals surface area contributed by atoms with Crippen LogP contribution in [0.3, 0.4) is 0 Å². The summed E-state index contributed by atoms with van der Waals surface area (Å²) in [7, 11) is 0. The van der Waals surface area contributed by atoms with Crippen LogP contribution >= 0.6 is 0 Å². The van der Waals surface area contributed by atoms with Crippen molar-refractivity contribution in [2.24, 2.45) is 29.0 Å². The van der Waals surface area contributed by atoms with E-state index in [1.54, 1.807) is 12.4 Å². The van der Waals surface area contributed by atoms with Gasteiger partial charge < -0.3 is 27.6 Å². The van der Waals surface area contributed by atoms with Crippen LogP contribution < -0.4 is 27.8 Å². The molecule has 28 heavy (non-hydrogen) atoms. The predicted octanol–water partition coefficient (Wildman–Crippen LogP) is 2.05. The van der Waals surface area contributed by atoms with Gasteiger partial charge in [0.15, 0.2) is 0 Å². The molecule has 0 unspecified atom stereocenters. The fraction of sp³-hybridized carbons (Fsp3) is 0.364. The Morgan fingerprint density at radius 1 is 1.39 bits per heavy atom. The van der Waals surface area contributed by atoms with E-state index >= 15 is 0 Å². The normalized spacial score (nSPS) is 20.6. The number of hydrogen-bond donors (Lipinski definition) is 6.